The summed E-state index contributed by atoms with van der Waals surface area (Å²) in [5.74, 6) is 0.719. The maximum absolute atomic E-state index is 12.6. The lowest BCUT2D eigenvalue weighted by molar-refractivity contribution is -0.117. The molecule has 0 unspecified atom stereocenters. The highest BCUT2D eigenvalue weighted by Crippen LogP contribution is 2.32. The van der Waals surface area contributed by atoms with Gasteiger partial charge in [-0.1, -0.05) is 12.1 Å². The zero-order valence-corrected chi connectivity index (χ0v) is 15.0. The van der Waals surface area contributed by atoms with Gasteiger partial charge in [-0.25, -0.2) is 0 Å². The molecule has 1 atom stereocenters. The highest BCUT2D eigenvalue weighted by molar-refractivity contribution is 5.99. The summed E-state index contributed by atoms with van der Waals surface area (Å²) < 4.78 is 10.6. The first kappa shape index (κ1) is 18.7. The summed E-state index contributed by atoms with van der Waals surface area (Å²) in [7, 11) is 0. The van der Waals surface area contributed by atoms with Gasteiger partial charge in [0.15, 0.2) is 11.5 Å². The van der Waals surface area contributed by atoms with E-state index in [1.807, 2.05) is 25.1 Å². The lowest BCUT2D eigenvalue weighted by Crippen LogP contribution is -2.41. The average Bonchev–Trinajstić information content (AvgIpc) is 3.14. The number of anilines is 1. The van der Waals surface area contributed by atoms with E-state index >= 15 is 0 Å². The van der Waals surface area contributed by atoms with Gasteiger partial charge >= 0.3 is 0 Å². The van der Waals surface area contributed by atoms with Gasteiger partial charge in [0.1, 0.15) is 0 Å². The van der Waals surface area contributed by atoms with Crippen LogP contribution in [0.4, 0.5) is 5.69 Å². The number of benzene rings is 2. The quantitative estimate of drug-likeness (QED) is 0.597. The van der Waals surface area contributed by atoms with E-state index in [2.05, 4.69) is 10.6 Å². The summed E-state index contributed by atoms with van der Waals surface area (Å²) in [4.78, 5) is 24.5. The van der Waals surface area contributed by atoms with Crippen LogP contribution in [-0.4, -0.2) is 31.2 Å². The number of carbonyl (C=O) groups excluding carboxylic acids is 2. The predicted molar refractivity (Wildman–Crippen MR) is 101 cm³/mol. The molecule has 1 heterocycles. The van der Waals surface area contributed by atoms with E-state index in [4.69, 9.17) is 20.9 Å². The number of ether oxygens (including phenoxy) is 2. The highest BCUT2D eigenvalue weighted by atomic mass is 16.7. The van der Waals surface area contributed by atoms with Crippen molar-refractivity contribution in [3.8, 4) is 11.5 Å². The molecular formula is C19H22N4O4. The molecule has 3 rings (SSSR count). The minimum absolute atomic E-state index is 0.0422. The van der Waals surface area contributed by atoms with Gasteiger partial charge in [-0.3, -0.25) is 9.59 Å². The van der Waals surface area contributed by atoms with Gasteiger partial charge in [-0.15, -0.1) is 0 Å². The summed E-state index contributed by atoms with van der Waals surface area (Å²) in [6.07, 6.45) is 0. The Kier molecular flexibility index (Phi) is 5.58. The third-order valence-corrected chi connectivity index (χ3v) is 4.23. The normalized spacial score (nSPS) is 13.1. The Morgan fingerprint density at radius 2 is 1.93 bits per heavy atom. The number of fused-ring (bicyclic) bond motifs is 1. The maximum Gasteiger partial charge on any atom is 0.251 e. The Morgan fingerprint density at radius 3 is 2.70 bits per heavy atom. The van der Waals surface area contributed by atoms with Crippen molar-refractivity contribution >= 4 is 17.5 Å². The van der Waals surface area contributed by atoms with E-state index < -0.39 is 11.9 Å². The summed E-state index contributed by atoms with van der Waals surface area (Å²) in [5.41, 5.74) is 13.6. The summed E-state index contributed by atoms with van der Waals surface area (Å²) in [6.45, 7) is 2.41. The van der Waals surface area contributed by atoms with Gasteiger partial charge in [-0.2, -0.15) is 0 Å². The van der Waals surface area contributed by atoms with Crippen molar-refractivity contribution in [1.82, 2.24) is 5.32 Å². The number of hydrogen-bond acceptors (Lipinski definition) is 6. The zero-order chi connectivity index (χ0) is 19.4. The van der Waals surface area contributed by atoms with Gasteiger partial charge in [0, 0.05) is 24.3 Å². The SMILES string of the molecule is Cc1ccc(NC(=O)[C@@H](N)CN)cc1C(=O)NCc1ccc2c(c1)OCO2. The van der Waals surface area contributed by atoms with Crippen molar-refractivity contribution < 1.29 is 19.1 Å². The molecule has 8 nitrogen and oxygen atoms in total. The third-order valence-electron chi connectivity index (χ3n) is 4.23. The lowest BCUT2D eigenvalue weighted by Gasteiger charge is -2.13. The predicted octanol–water partition coefficient (Wildman–Crippen LogP) is 0.878. The van der Waals surface area contributed by atoms with Crippen LogP contribution in [0.15, 0.2) is 36.4 Å². The molecule has 0 saturated carbocycles. The number of rotatable bonds is 6. The van der Waals surface area contributed by atoms with E-state index in [-0.39, 0.29) is 19.2 Å². The Hall–Kier alpha value is -3.10. The first-order chi connectivity index (χ1) is 13.0. The van der Waals surface area contributed by atoms with Gasteiger partial charge in [0.05, 0.1) is 6.04 Å². The number of aryl methyl sites for hydroxylation is 1. The van der Waals surface area contributed by atoms with Crippen LogP contribution in [-0.2, 0) is 11.3 Å². The summed E-state index contributed by atoms with van der Waals surface area (Å²) in [6, 6.07) is 9.81. The molecule has 2 amide bonds. The van der Waals surface area contributed by atoms with Gasteiger partial charge in [0.2, 0.25) is 12.7 Å². The Morgan fingerprint density at radius 1 is 1.15 bits per heavy atom. The molecule has 2 aromatic rings. The van der Waals surface area contributed by atoms with E-state index in [1.165, 1.54) is 0 Å². The molecule has 27 heavy (non-hydrogen) atoms. The fourth-order valence-corrected chi connectivity index (χ4v) is 2.61. The van der Waals surface area contributed by atoms with Crippen LogP contribution in [0.25, 0.3) is 0 Å². The van der Waals surface area contributed by atoms with E-state index in [1.54, 1.807) is 18.2 Å². The summed E-state index contributed by atoms with van der Waals surface area (Å²) in [5, 5.41) is 5.53. The minimum atomic E-state index is -0.797. The van der Waals surface area contributed by atoms with Crippen molar-refractivity contribution in [2.45, 2.75) is 19.5 Å². The average molecular weight is 370 g/mol. The van der Waals surface area contributed by atoms with Gasteiger partial charge < -0.3 is 31.6 Å². The molecule has 142 valence electrons. The summed E-state index contributed by atoms with van der Waals surface area (Å²) >= 11 is 0. The zero-order valence-electron chi connectivity index (χ0n) is 15.0. The molecule has 8 heteroatoms. The Labute approximate surface area is 156 Å². The third kappa shape index (κ3) is 4.36. The van der Waals surface area contributed by atoms with Crippen LogP contribution in [0, 0.1) is 6.92 Å². The van der Waals surface area contributed by atoms with Crippen molar-refractivity contribution in [1.29, 1.82) is 0 Å². The standard InChI is InChI=1S/C19H22N4O4/c1-11-2-4-13(23-19(25)15(21)8-20)7-14(11)18(24)22-9-12-3-5-16-17(6-12)27-10-26-16/h2-7,15H,8-10,20-21H2,1H3,(H,22,24)(H,23,25)/t15-/m0/s1. The minimum Gasteiger partial charge on any atom is -0.454 e. The maximum atomic E-state index is 12.6. The molecule has 0 aromatic heterocycles. The van der Waals surface area contributed by atoms with Crippen molar-refractivity contribution in [3.63, 3.8) is 0 Å². The number of hydrogen-bond donors (Lipinski definition) is 4. The second-order valence-corrected chi connectivity index (χ2v) is 6.23. The molecule has 1 aliphatic rings. The largest absolute Gasteiger partial charge is 0.454 e. The molecule has 0 bridgehead atoms. The van der Waals surface area contributed by atoms with Crippen LogP contribution in [0.5, 0.6) is 11.5 Å². The molecule has 6 N–H and O–H groups in total. The molecule has 2 aromatic carbocycles. The number of nitrogens with one attached hydrogen (secondary N) is 2. The van der Waals surface area contributed by atoms with Crippen LogP contribution >= 0.6 is 0 Å². The molecule has 0 fully saturated rings. The molecular weight excluding hydrogens is 348 g/mol. The smallest absolute Gasteiger partial charge is 0.251 e. The van der Waals surface area contributed by atoms with Crippen molar-refractivity contribution in [2.75, 3.05) is 18.7 Å². The number of amides is 2. The van der Waals surface area contributed by atoms with Gasteiger partial charge in [0.25, 0.3) is 5.91 Å². The fourth-order valence-electron chi connectivity index (χ4n) is 2.61. The Balaban J connectivity index is 1.67. The van der Waals surface area contributed by atoms with Crippen LogP contribution in [0.2, 0.25) is 0 Å². The van der Waals surface area contributed by atoms with Gasteiger partial charge in [-0.05, 0) is 42.3 Å². The van der Waals surface area contributed by atoms with Crippen LogP contribution in [0.1, 0.15) is 21.5 Å². The number of carbonyl (C=O) groups is 2. The monoisotopic (exact) mass is 370 g/mol. The molecule has 0 saturated heterocycles. The first-order valence-corrected chi connectivity index (χ1v) is 8.52. The van der Waals surface area contributed by atoms with E-state index in [9.17, 15) is 9.59 Å². The Bertz CT molecular complexity index is 869. The molecule has 0 spiro atoms. The first-order valence-electron chi connectivity index (χ1n) is 8.52. The molecule has 0 aliphatic carbocycles. The second kappa shape index (κ2) is 8.07. The van der Waals surface area contributed by atoms with Crippen LogP contribution < -0.4 is 31.6 Å². The second-order valence-electron chi connectivity index (χ2n) is 6.23. The van der Waals surface area contributed by atoms with E-state index in [0.29, 0.717) is 29.3 Å². The lowest BCUT2D eigenvalue weighted by atomic mass is 10.1. The fraction of sp³-hybridized carbons (Fsp3) is 0.263. The van der Waals surface area contributed by atoms with E-state index in [0.717, 1.165) is 11.1 Å². The highest BCUT2D eigenvalue weighted by Gasteiger charge is 2.16. The van der Waals surface area contributed by atoms with Crippen molar-refractivity contribution in [2.24, 2.45) is 11.5 Å². The van der Waals surface area contributed by atoms with Crippen molar-refractivity contribution in [3.05, 3.63) is 53.1 Å². The topological polar surface area (TPSA) is 129 Å². The van der Waals surface area contributed by atoms with Crippen LogP contribution in [0.3, 0.4) is 0 Å². The number of nitrogens with two attached hydrogens (primary N) is 2. The molecule has 1 aliphatic heterocycles. The molecule has 0 radical (unpaired) electrons.